The van der Waals surface area contributed by atoms with Crippen LogP contribution in [0.15, 0.2) is 40.9 Å². The van der Waals surface area contributed by atoms with Crippen LogP contribution >= 0.6 is 15.9 Å². The summed E-state index contributed by atoms with van der Waals surface area (Å²) in [6.07, 6.45) is 0. The van der Waals surface area contributed by atoms with Gasteiger partial charge in [0.1, 0.15) is 0 Å². The third-order valence-corrected chi connectivity index (χ3v) is 2.78. The van der Waals surface area contributed by atoms with Crippen LogP contribution in [-0.4, -0.2) is 5.97 Å². The Labute approximate surface area is 89.3 Å². The normalized spacial score (nSPS) is 10.4. The van der Waals surface area contributed by atoms with Gasteiger partial charge in [-0.2, -0.15) is 0 Å². The number of carbonyl (C=O) groups is 1. The molecule has 0 aromatic heterocycles. The fourth-order valence-electron chi connectivity index (χ4n) is 1.44. The molecule has 0 atom stereocenters. The number of rotatable bonds is 1. The van der Waals surface area contributed by atoms with Gasteiger partial charge in [-0.3, -0.25) is 0 Å². The number of fused-ring (bicyclic) bond motifs is 1. The van der Waals surface area contributed by atoms with E-state index in [2.05, 4.69) is 15.9 Å². The van der Waals surface area contributed by atoms with Crippen molar-refractivity contribution in [2.24, 2.45) is 0 Å². The Hall–Kier alpha value is -1.35. The molecular formula is C11H6BrO2-. The monoisotopic (exact) mass is 249 g/mol. The van der Waals surface area contributed by atoms with Gasteiger partial charge in [0.15, 0.2) is 0 Å². The number of halogens is 1. The largest absolute Gasteiger partial charge is 0.545 e. The molecule has 0 saturated carbocycles. The third kappa shape index (κ3) is 1.40. The Morgan fingerprint density at radius 3 is 2.36 bits per heavy atom. The number of carboxylic acids is 1. The number of carbonyl (C=O) groups excluding carboxylic acids is 1. The van der Waals surface area contributed by atoms with Crippen molar-refractivity contribution in [3.8, 4) is 0 Å². The van der Waals surface area contributed by atoms with E-state index in [0.29, 0.717) is 5.39 Å². The van der Waals surface area contributed by atoms with Gasteiger partial charge >= 0.3 is 0 Å². The van der Waals surface area contributed by atoms with Crippen LogP contribution in [0.4, 0.5) is 0 Å². The molecule has 0 bridgehead atoms. The summed E-state index contributed by atoms with van der Waals surface area (Å²) in [6.45, 7) is 0. The lowest BCUT2D eigenvalue weighted by Crippen LogP contribution is -2.22. The lowest BCUT2D eigenvalue weighted by atomic mass is 10.1. The summed E-state index contributed by atoms with van der Waals surface area (Å²) in [6, 6.07) is 10.6. The van der Waals surface area contributed by atoms with E-state index in [0.717, 1.165) is 9.86 Å². The van der Waals surface area contributed by atoms with Gasteiger partial charge in [-0.1, -0.05) is 46.3 Å². The fourth-order valence-corrected chi connectivity index (χ4v) is 1.92. The van der Waals surface area contributed by atoms with Crippen molar-refractivity contribution in [1.29, 1.82) is 0 Å². The molecule has 0 N–H and O–H groups in total. The highest BCUT2D eigenvalue weighted by molar-refractivity contribution is 9.10. The van der Waals surface area contributed by atoms with Gasteiger partial charge in [-0.25, -0.2) is 0 Å². The predicted molar refractivity (Wildman–Crippen MR) is 56.0 cm³/mol. The van der Waals surface area contributed by atoms with Crippen molar-refractivity contribution < 1.29 is 9.90 Å². The maximum Gasteiger partial charge on any atom is 0.0721 e. The molecule has 2 rings (SSSR count). The summed E-state index contributed by atoms with van der Waals surface area (Å²) >= 11 is 3.37. The van der Waals surface area contributed by atoms with E-state index in [-0.39, 0.29) is 5.56 Å². The second kappa shape index (κ2) is 3.42. The predicted octanol–water partition coefficient (Wildman–Crippen LogP) is 1.97. The van der Waals surface area contributed by atoms with Crippen LogP contribution in [0, 0.1) is 0 Å². The van der Waals surface area contributed by atoms with Gasteiger partial charge in [-0.15, -0.1) is 0 Å². The van der Waals surface area contributed by atoms with E-state index in [1.54, 1.807) is 24.3 Å². The maximum absolute atomic E-state index is 10.8. The van der Waals surface area contributed by atoms with Gasteiger partial charge in [0.2, 0.25) is 0 Å². The van der Waals surface area contributed by atoms with Crippen LogP contribution in [0.1, 0.15) is 10.4 Å². The Morgan fingerprint density at radius 2 is 1.71 bits per heavy atom. The summed E-state index contributed by atoms with van der Waals surface area (Å²) in [5.41, 5.74) is 0.226. The molecule has 0 radical (unpaired) electrons. The van der Waals surface area contributed by atoms with Crippen molar-refractivity contribution in [1.82, 2.24) is 0 Å². The van der Waals surface area contributed by atoms with Crippen molar-refractivity contribution >= 4 is 32.7 Å². The molecule has 0 aliphatic rings. The highest BCUT2D eigenvalue weighted by Crippen LogP contribution is 2.26. The van der Waals surface area contributed by atoms with Crippen LogP contribution in [0.3, 0.4) is 0 Å². The first kappa shape index (κ1) is 9.21. The first-order valence-corrected chi connectivity index (χ1v) is 4.88. The van der Waals surface area contributed by atoms with E-state index in [1.165, 1.54) is 0 Å². The summed E-state index contributed by atoms with van der Waals surface area (Å²) in [5, 5.41) is 12.4. The molecule has 0 unspecified atom stereocenters. The zero-order chi connectivity index (χ0) is 10.1. The first-order valence-electron chi connectivity index (χ1n) is 4.09. The summed E-state index contributed by atoms with van der Waals surface area (Å²) in [4.78, 5) is 10.8. The summed E-state index contributed by atoms with van der Waals surface area (Å²) in [5.74, 6) is -1.14. The summed E-state index contributed by atoms with van der Waals surface area (Å²) < 4.78 is 0.887. The van der Waals surface area contributed by atoms with E-state index >= 15 is 0 Å². The van der Waals surface area contributed by atoms with Gasteiger partial charge < -0.3 is 9.90 Å². The van der Waals surface area contributed by atoms with Gasteiger partial charge in [-0.05, 0) is 16.8 Å². The molecule has 0 aliphatic carbocycles. The Morgan fingerprint density at radius 1 is 1.07 bits per heavy atom. The van der Waals surface area contributed by atoms with Crippen LogP contribution in [0.25, 0.3) is 10.8 Å². The minimum atomic E-state index is -1.14. The van der Waals surface area contributed by atoms with Crippen LogP contribution < -0.4 is 5.11 Å². The van der Waals surface area contributed by atoms with E-state index in [4.69, 9.17) is 0 Å². The molecule has 14 heavy (non-hydrogen) atoms. The zero-order valence-electron chi connectivity index (χ0n) is 7.16. The molecule has 2 aromatic carbocycles. The molecule has 0 spiro atoms. The maximum atomic E-state index is 10.8. The molecule has 0 saturated heterocycles. The van der Waals surface area contributed by atoms with Crippen LogP contribution in [0.5, 0.6) is 0 Å². The Bertz CT molecular complexity index is 506. The molecule has 0 fully saturated rings. The van der Waals surface area contributed by atoms with Crippen molar-refractivity contribution in [3.05, 3.63) is 46.4 Å². The second-order valence-corrected chi connectivity index (χ2v) is 3.78. The number of carboxylic acid groups (broad SMARTS) is 1. The standard InChI is InChI=1S/C11H7BrO2/c12-10-6-5-9(11(13)14)7-3-1-2-4-8(7)10/h1-6H,(H,13,14)/p-1. The number of hydrogen-bond donors (Lipinski definition) is 0. The molecule has 2 nitrogen and oxygen atoms in total. The average molecular weight is 250 g/mol. The van der Waals surface area contributed by atoms with Crippen molar-refractivity contribution in [2.45, 2.75) is 0 Å². The molecule has 3 heteroatoms. The summed E-state index contributed by atoms with van der Waals surface area (Å²) in [7, 11) is 0. The molecular weight excluding hydrogens is 244 g/mol. The highest BCUT2D eigenvalue weighted by Gasteiger charge is 2.03. The minimum absolute atomic E-state index is 0.226. The topological polar surface area (TPSA) is 40.1 Å². The van der Waals surface area contributed by atoms with Gasteiger partial charge in [0.25, 0.3) is 0 Å². The highest BCUT2D eigenvalue weighted by atomic mass is 79.9. The van der Waals surface area contributed by atoms with E-state index in [1.807, 2.05) is 12.1 Å². The SMILES string of the molecule is O=C([O-])c1ccc(Br)c2ccccc12. The Kier molecular flexibility index (Phi) is 2.25. The molecule has 2 aromatic rings. The lowest BCUT2D eigenvalue weighted by Gasteiger charge is -2.08. The second-order valence-electron chi connectivity index (χ2n) is 2.93. The van der Waals surface area contributed by atoms with Gasteiger partial charge in [0.05, 0.1) is 5.97 Å². The molecule has 0 amide bonds. The zero-order valence-corrected chi connectivity index (χ0v) is 8.74. The number of hydrogen-bond acceptors (Lipinski definition) is 2. The van der Waals surface area contributed by atoms with Gasteiger partial charge in [0, 0.05) is 10.0 Å². The van der Waals surface area contributed by atoms with Crippen LogP contribution in [-0.2, 0) is 0 Å². The molecule has 0 heterocycles. The minimum Gasteiger partial charge on any atom is -0.545 e. The van der Waals surface area contributed by atoms with E-state index in [9.17, 15) is 9.90 Å². The van der Waals surface area contributed by atoms with Crippen molar-refractivity contribution in [3.63, 3.8) is 0 Å². The Balaban J connectivity index is 2.88. The number of benzene rings is 2. The van der Waals surface area contributed by atoms with Crippen LogP contribution in [0.2, 0.25) is 0 Å². The van der Waals surface area contributed by atoms with Crippen molar-refractivity contribution in [2.75, 3.05) is 0 Å². The average Bonchev–Trinajstić information content (AvgIpc) is 2.18. The smallest absolute Gasteiger partial charge is 0.0721 e. The number of aromatic carboxylic acids is 1. The fraction of sp³-hybridized carbons (Fsp3) is 0. The lowest BCUT2D eigenvalue weighted by molar-refractivity contribution is -0.254. The first-order chi connectivity index (χ1) is 6.70. The third-order valence-electron chi connectivity index (χ3n) is 2.09. The molecule has 0 aliphatic heterocycles. The molecule has 70 valence electrons. The quantitative estimate of drug-likeness (QED) is 0.776. The van der Waals surface area contributed by atoms with E-state index < -0.39 is 5.97 Å².